The fourth-order valence-electron chi connectivity index (χ4n) is 3.59. The van der Waals surface area contributed by atoms with Crippen LogP contribution in [0.25, 0.3) is 0 Å². The van der Waals surface area contributed by atoms with E-state index in [-0.39, 0.29) is 11.2 Å². The van der Waals surface area contributed by atoms with Gasteiger partial charge in [0.25, 0.3) is 0 Å². The topological polar surface area (TPSA) is 59.8 Å². The third-order valence-corrected chi connectivity index (χ3v) is 6.35. The Bertz CT molecular complexity index is 760. The van der Waals surface area contributed by atoms with Crippen molar-refractivity contribution in [3.8, 4) is 0 Å². The maximum Gasteiger partial charge on any atom is 0.237 e. The summed E-state index contributed by atoms with van der Waals surface area (Å²) in [4.78, 5) is 12.7. The van der Waals surface area contributed by atoms with Crippen molar-refractivity contribution in [2.75, 3.05) is 5.32 Å². The zero-order chi connectivity index (χ0) is 18.7. The van der Waals surface area contributed by atoms with Gasteiger partial charge in [-0.2, -0.15) is 0 Å². The molecule has 1 fully saturated rings. The molecule has 0 unspecified atom stereocenters. The molecule has 1 aromatic heterocycles. The van der Waals surface area contributed by atoms with E-state index in [0.29, 0.717) is 5.92 Å². The van der Waals surface area contributed by atoms with Gasteiger partial charge in [0.15, 0.2) is 5.16 Å². The highest BCUT2D eigenvalue weighted by Crippen LogP contribution is 2.33. The molecule has 1 aromatic carbocycles. The molecule has 1 atom stereocenters. The molecule has 1 aliphatic rings. The highest BCUT2D eigenvalue weighted by atomic mass is 32.2. The van der Waals surface area contributed by atoms with Crippen LogP contribution in [0.1, 0.15) is 61.9 Å². The van der Waals surface area contributed by atoms with E-state index < -0.39 is 0 Å². The van der Waals surface area contributed by atoms with Crippen molar-refractivity contribution < 1.29 is 4.79 Å². The van der Waals surface area contributed by atoms with Crippen LogP contribution in [0.3, 0.4) is 0 Å². The number of carbonyl (C=O) groups is 1. The zero-order valence-corrected chi connectivity index (χ0v) is 16.9. The normalized spacial score (nSPS) is 16.5. The van der Waals surface area contributed by atoms with Crippen LogP contribution in [0.5, 0.6) is 0 Å². The number of nitrogens with one attached hydrogen (secondary N) is 1. The molecule has 0 aliphatic heterocycles. The van der Waals surface area contributed by atoms with Crippen molar-refractivity contribution >= 4 is 23.4 Å². The van der Waals surface area contributed by atoms with Gasteiger partial charge in [-0.3, -0.25) is 4.79 Å². The predicted octanol–water partition coefficient (Wildman–Crippen LogP) is 4.60. The average molecular weight is 373 g/mol. The van der Waals surface area contributed by atoms with Gasteiger partial charge < -0.3 is 9.88 Å². The van der Waals surface area contributed by atoms with Gasteiger partial charge in [-0.25, -0.2) is 0 Å². The van der Waals surface area contributed by atoms with E-state index in [1.54, 1.807) is 0 Å². The SMILES string of the molecule is Cc1cccc(C)c1NC(=O)[C@H](C)Sc1nnc(C2CCCCC2)n1C. The van der Waals surface area contributed by atoms with Gasteiger partial charge in [-0.15, -0.1) is 10.2 Å². The quantitative estimate of drug-likeness (QED) is 0.779. The second-order valence-corrected chi connectivity index (χ2v) is 8.56. The lowest BCUT2D eigenvalue weighted by Gasteiger charge is -2.20. The summed E-state index contributed by atoms with van der Waals surface area (Å²) in [6.07, 6.45) is 6.26. The predicted molar refractivity (Wildman–Crippen MR) is 107 cm³/mol. The molecule has 1 N–H and O–H groups in total. The average Bonchev–Trinajstić information content (AvgIpc) is 2.99. The summed E-state index contributed by atoms with van der Waals surface area (Å²) >= 11 is 1.47. The minimum Gasteiger partial charge on any atom is -0.325 e. The Labute approximate surface area is 160 Å². The fraction of sp³-hybridized carbons (Fsp3) is 0.550. The highest BCUT2D eigenvalue weighted by molar-refractivity contribution is 8.00. The van der Waals surface area contributed by atoms with Crippen LogP contribution in [0.2, 0.25) is 0 Å². The molecule has 0 spiro atoms. The van der Waals surface area contributed by atoms with Crippen molar-refractivity contribution in [1.29, 1.82) is 0 Å². The first-order valence-corrected chi connectivity index (χ1v) is 10.3. The Kier molecular flexibility index (Phi) is 6.01. The number of hydrogen-bond acceptors (Lipinski definition) is 4. The molecular weight excluding hydrogens is 344 g/mol. The Morgan fingerprint density at radius 2 is 1.85 bits per heavy atom. The van der Waals surface area contributed by atoms with Crippen molar-refractivity contribution in [1.82, 2.24) is 14.8 Å². The molecule has 0 bridgehead atoms. The van der Waals surface area contributed by atoms with Crippen molar-refractivity contribution in [2.45, 2.75) is 69.2 Å². The number of benzene rings is 1. The highest BCUT2D eigenvalue weighted by Gasteiger charge is 2.24. The Morgan fingerprint density at radius 1 is 1.19 bits per heavy atom. The molecule has 5 nitrogen and oxygen atoms in total. The number of para-hydroxylation sites is 1. The molecule has 1 saturated carbocycles. The van der Waals surface area contributed by atoms with E-state index in [1.165, 1.54) is 43.9 Å². The summed E-state index contributed by atoms with van der Waals surface area (Å²) < 4.78 is 2.07. The third-order valence-electron chi connectivity index (χ3n) is 5.22. The van der Waals surface area contributed by atoms with E-state index >= 15 is 0 Å². The van der Waals surface area contributed by atoms with E-state index in [9.17, 15) is 4.79 Å². The van der Waals surface area contributed by atoms with Crippen LogP contribution >= 0.6 is 11.8 Å². The Morgan fingerprint density at radius 3 is 2.50 bits per heavy atom. The van der Waals surface area contributed by atoms with Gasteiger partial charge in [0.2, 0.25) is 5.91 Å². The number of thioether (sulfide) groups is 1. The van der Waals surface area contributed by atoms with E-state index in [4.69, 9.17) is 0 Å². The molecule has 140 valence electrons. The van der Waals surface area contributed by atoms with Gasteiger partial charge in [0.05, 0.1) is 5.25 Å². The van der Waals surface area contributed by atoms with Crippen LogP contribution in [0, 0.1) is 13.8 Å². The van der Waals surface area contributed by atoms with E-state index in [1.807, 2.05) is 46.0 Å². The lowest BCUT2D eigenvalue weighted by molar-refractivity contribution is -0.115. The summed E-state index contributed by atoms with van der Waals surface area (Å²) in [5.41, 5.74) is 3.06. The maximum absolute atomic E-state index is 12.7. The van der Waals surface area contributed by atoms with Crippen molar-refractivity contribution in [2.24, 2.45) is 7.05 Å². The molecule has 2 aromatic rings. The number of anilines is 1. The van der Waals surface area contributed by atoms with Crippen molar-refractivity contribution in [3.05, 3.63) is 35.2 Å². The Balaban J connectivity index is 1.67. The molecule has 1 heterocycles. The third kappa shape index (κ3) is 4.11. The second kappa shape index (κ2) is 8.25. The lowest BCUT2D eigenvalue weighted by atomic mass is 9.89. The molecule has 1 amide bonds. The largest absolute Gasteiger partial charge is 0.325 e. The monoisotopic (exact) mass is 372 g/mol. The summed E-state index contributed by atoms with van der Waals surface area (Å²) in [5.74, 6) is 1.57. The van der Waals surface area contributed by atoms with Crippen LogP contribution in [-0.2, 0) is 11.8 Å². The van der Waals surface area contributed by atoms with Crippen LogP contribution in [0.4, 0.5) is 5.69 Å². The van der Waals surface area contributed by atoms with Gasteiger partial charge in [0.1, 0.15) is 5.82 Å². The number of amides is 1. The first kappa shape index (κ1) is 19.0. The number of hydrogen-bond donors (Lipinski definition) is 1. The smallest absolute Gasteiger partial charge is 0.237 e. The summed E-state index contributed by atoms with van der Waals surface area (Å²) in [6.45, 7) is 5.95. The fourth-order valence-corrected chi connectivity index (χ4v) is 4.41. The van der Waals surface area contributed by atoms with Gasteiger partial charge in [-0.1, -0.05) is 49.2 Å². The number of rotatable bonds is 5. The summed E-state index contributed by atoms with van der Waals surface area (Å²) in [6, 6.07) is 6.03. The summed E-state index contributed by atoms with van der Waals surface area (Å²) in [5, 5.41) is 12.4. The van der Waals surface area contributed by atoms with Gasteiger partial charge in [-0.05, 0) is 44.7 Å². The molecule has 3 rings (SSSR count). The zero-order valence-electron chi connectivity index (χ0n) is 16.1. The Hall–Kier alpha value is -1.82. The van der Waals surface area contributed by atoms with Gasteiger partial charge in [0, 0.05) is 18.7 Å². The number of nitrogens with zero attached hydrogens (tertiary/aromatic N) is 3. The van der Waals surface area contributed by atoms with Crippen molar-refractivity contribution in [3.63, 3.8) is 0 Å². The number of aromatic nitrogens is 3. The lowest BCUT2D eigenvalue weighted by Crippen LogP contribution is -2.23. The maximum atomic E-state index is 12.7. The molecule has 0 radical (unpaired) electrons. The molecule has 26 heavy (non-hydrogen) atoms. The standard InChI is InChI=1S/C20H28N4OS/c1-13-9-8-10-14(2)17(13)21-19(25)15(3)26-20-23-22-18(24(20)4)16-11-6-5-7-12-16/h8-10,15-16H,5-7,11-12H2,1-4H3,(H,21,25)/t15-/m0/s1. The molecule has 6 heteroatoms. The van der Waals surface area contributed by atoms with Crippen LogP contribution in [0.15, 0.2) is 23.4 Å². The second-order valence-electron chi connectivity index (χ2n) is 7.25. The first-order chi connectivity index (χ1) is 12.5. The minimum atomic E-state index is -0.240. The van der Waals surface area contributed by atoms with Crippen LogP contribution < -0.4 is 5.32 Å². The minimum absolute atomic E-state index is 0.00498. The van der Waals surface area contributed by atoms with E-state index in [2.05, 4.69) is 20.1 Å². The molecule has 0 saturated heterocycles. The molecule has 1 aliphatic carbocycles. The van der Waals surface area contributed by atoms with E-state index in [0.717, 1.165) is 27.8 Å². The first-order valence-electron chi connectivity index (χ1n) is 9.40. The van der Waals surface area contributed by atoms with Gasteiger partial charge >= 0.3 is 0 Å². The number of carbonyl (C=O) groups excluding carboxylic acids is 1. The van der Waals surface area contributed by atoms with Crippen LogP contribution in [-0.4, -0.2) is 25.9 Å². The molecular formula is C20H28N4OS. The number of aryl methyl sites for hydroxylation is 2. The summed E-state index contributed by atoms with van der Waals surface area (Å²) in [7, 11) is 2.02.